The Labute approximate surface area is 121 Å². The van der Waals surface area contributed by atoms with E-state index in [1.165, 1.54) is 25.7 Å². The molecule has 0 heterocycles. The van der Waals surface area contributed by atoms with Gasteiger partial charge in [0.15, 0.2) is 0 Å². The van der Waals surface area contributed by atoms with Crippen LogP contribution in [0.5, 0.6) is 0 Å². The summed E-state index contributed by atoms with van der Waals surface area (Å²) in [6, 6.07) is 5.24. The van der Waals surface area contributed by atoms with Crippen LogP contribution in [-0.4, -0.2) is 12.5 Å². The monoisotopic (exact) mass is 329 g/mol. The summed E-state index contributed by atoms with van der Waals surface area (Å²) in [7, 11) is 0. The summed E-state index contributed by atoms with van der Waals surface area (Å²) >= 11 is 9.22. The Morgan fingerprint density at radius 1 is 1.39 bits per heavy atom. The van der Waals surface area contributed by atoms with Crippen LogP contribution in [-0.2, 0) is 0 Å². The third-order valence-corrected chi connectivity index (χ3v) is 4.71. The van der Waals surface area contributed by atoms with Crippen LogP contribution >= 0.6 is 27.5 Å². The van der Waals surface area contributed by atoms with E-state index in [0.717, 1.165) is 23.4 Å². The zero-order valence-corrected chi connectivity index (χ0v) is 12.6. The molecule has 1 N–H and O–H groups in total. The van der Waals surface area contributed by atoms with E-state index in [1.54, 1.807) is 18.2 Å². The fraction of sp³-hybridized carbons (Fsp3) is 0.500. The first-order chi connectivity index (χ1) is 8.66. The Bertz CT molecular complexity index is 430. The normalized spacial score (nSPS) is 15.9. The Balaban J connectivity index is 1.81. The molecule has 1 aromatic carbocycles. The highest BCUT2D eigenvalue weighted by molar-refractivity contribution is 9.10. The van der Waals surface area contributed by atoms with Crippen molar-refractivity contribution in [3.63, 3.8) is 0 Å². The van der Waals surface area contributed by atoms with Crippen molar-refractivity contribution in [1.82, 2.24) is 5.32 Å². The highest BCUT2D eigenvalue weighted by Gasteiger charge is 2.15. The molecule has 98 valence electrons. The van der Waals surface area contributed by atoms with Crippen LogP contribution in [0.4, 0.5) is 0 Å². The number of benzene rings is 1. The van der Waals surface area contributed by atoms with E-state index < -0.39 is 0 Å². The largest absolute Gasteiger partial charge is 0.352 e. The Hall–Kier alpha value is -0.540. The molecule has 1 fully saturated rings. The first kappa shape index (κ1) is 13.9. The van der Waals surface area contributed by atoms with Gasteiger partial charge < -0.3 is 5.32 Å². The Morgan fingerprint density at radius 2 is 2.11 bits per heavy atom. The topological polar surface area (TPSA) is 29.1 Å². The zero-order chi connectivity index (χ0) is 13.0. The molecule has 0 spiro atoms. The third kappa shape index (κ3) is 3.72. The molecule has 1 aliphatic rings. The van der Waals surface area contributed by atoms with Gasteiger partial charge >= 0.3 is 0 Å². The van der Waals surface area contributed by atoms with Gasteiger partial charge in [0.2, 0.25) is 0 Å². The Morgan fingerprint density at radius 3 is 2.78 bits per heavy atom. The first-order valence-electron chi connectivity index (χ1n) is 6.40. The van der Waals surface area contributed by atoms with Gasteiger partial charge in [-0.15, -0.1) is 0 Å². The predicted octanol–water partition coefficient (Wildman–Crippen LogP) is 4.41. The van der Waals surface area contributed by atoms with Crippen molar-refractivity contribution in [3.8, 4) is 0 Å². The maximum Gasteiger partial charge on any atom is 0.251 e. The second kappa shape index (κ2) is 6.58. The van der Waals surface area contributed by atoms with Crippen LogP contribution in [0.1, 0.15) is 42.5 Å². The molecule has 18 heavy (non-hydrogen) atoms. The van der Waals surface area contributed by atoms with Crippen LogP contribution in [0.2, 0.25) is 5.02 Å². The quantitative estimate of drug-likeness (QED) is 0.870. The number of hydrogen-bond acceptors (Lipinski definition) is 1. The lowest BCUT2D eigenvalue weighted by molar-refractivity contribution is 0.0951. The summed E-state index contributed by atoms with van der Waals surface area (Å²) < 4.78 is 0.757. The summed E-state index contributed by atoms with van der Waals surface area (Å²) in [4.78, 5) is 11.9. The maximum absolute atomic E-state index is 11.9. The van der Waals surface area contributed by atoms with Crippen LogP contribution in [0.15, 0.2) is 22.7 Å². The van der Waals surface area contributed by atoms with Gasteiger partial charge in [-0.25, -0.2) is 0 Å². The third-order valence-electron chi connectivity index (χ3n) is 3.49. The fourth-order valence-electron chi connectivity index (χ4n) is 2.43. The van der Waals surface area contributed by atoms with E-state index >= 15 is 0 Å². The van der Waals surface area contributed by atoms with Gasteiger partial charge in [-0.05, 0) is 46.5 Å². The number of amides is 1. The first-order valence-corrected chi connectivity index (χ1v) is 7.57. The predicted molar refractivity (Wildman–Crippen MR) is 78.1 cm³/mol. The molecule has 2 nitrogen and oxygen atoms in total. The molecule has 0 aromatic heterocycles. The minimum atomic E-state index is -0.0228. The van der Waals surface area contributed by atoms with Crippen LogP contribution in [0.3, 0.4) is 0 Å². The van der Waals surface area contributed by atoms with E-state index in [2.05, 4.69) is 21.2 Å². The lowest BCUT2D eigenvalue weighted by atomic mass is 10.0. The molecule has 0 unspecified atom stereocenters. The molecule has 0 atom stereocenters. The number of nitrogens with one attached hydrogen (secondary N) is 1. The van der Waals surface area contributed by atoms with Gasteiger partial charge in [-0.2, -0.15) is 0 Å². The van der Waals surface area contributed by atoms with Gasteiger partial charge in [0.25, 0.3) is 5.91 Å². The van der Waals surface area contributed by atoms with Crippen molar-refractivity contribution in [2.45, 2.75) is 32.1 Å². The van der Waals surface area contributed by atoms with Gasteiger partial charge in [-0.3, -0.25) is 4.79 Å². The van der Waals surface area contributed by atoms with Crippen molar-refractivity contribution in [2.75, 3.05) is 6.54 Å². The SMILES string of the molecule is O=C(NCCC1CCCC1)c1ccc(Cl)c(Br)c1. The molecule has 1 amide bonds. The number of halogens is 2. The van der Waals surface area contributed by atoms with Crippen molar-refractivity contribution in [1.29, 1.82) is 0 Å². The lowest BCUT2D eigenvalue weighted by Crippen LogP contribution is -2.25. The summed E-state index contributed by atoms with van der Waals surface area (Å²) in [6.45, 7) is 0.768. The summed E-state index contributed by atoms with van der Waals surface area (Å²) in [5, 5.41) is 3.59. The number of carbonyl (C=O) groups excluding carboxylic acids is 1. The molecule has 0 aliphatic heterocycles. The van der Waals surface area contributed by atoms with Gasteiger partial charge in [-0.1, -0.05) is 37.3 Å². The molecule has 2 rings (SSSR count). The Kier molecular flexibility index (Phi) is 5.07. The standard InChI is InChI=1S/C14H17BrClNO/c15-12-9-11(5-6-13(12)16)14(18)17-8-7-10-3-1-2-4-10/h5-6,9-10H,1-4,7-8H2,(H,17,18). The number of hydrogen-bond donors (Lipinski definition) is 1. The maximum atomic E-state index is 11.9. The van der Waals surface area contributed by atoms with E-state index in [0.29, 0.717) is 10.6 Å². The summed E-state index contributed by atoms with van der Waals surface area (Å²) in [5.41, 5.74) is 0.651. The second-order valence-corrected chi connectivity index (χ2v) is 6.09. The minimum Gasteiger partial charge on any atom is -0.352 e. The number of rotatable bonds is 4. The molecule has 1 aliphatic carbocycles. The molecule has 1 saturated carbocycles. The molecule has 0 bridgehead atoms. The summed E-state index contributed by atoms with van der Waals surface area (Å²) in [6.07, 6.45) is 6.44. The molecule has 1 aromatic rings. The van der Waals surface area contributed by atoms with Crippen molar-refractivity contribution in [2.24, 2.45) is 5.92 Å². The van der Waals surface area contributed by atoms with Gasteiger partial charge in [0.1, 0.15) is 0 Å². The van der Waals surface area contributed by atoms with E-state index in [-0.39, 0.29) is 5.91 Å². The van der Waals surface area contributed by atoms with Crippen LogP contribution < -0.4 is 5.32 Å². The average molecular weight is 331 g/mol. The van der Waals surface area contributed by atoms with E-state index in [4.69, 9.17) is 11.6 Å². The number of carbonyl (C=O) groups is 1. The van der Waals surface area contributed by atoms with Gasteiger partial charge in [0.05, 0.1) is 5.02 Å². The van der Waals surface area contributed by atoms with Gasteiger partial charge in [0, 0.05) is 16.6 Å². The highest BCUT2D eigenvalue weighted by atomic mass is 79.9. The van der Waals surface area contributed by atoms with E-state index in [9.17, 15) is 4.79 Å². The molecule has 0 radical (unpaired) electrons. The minimum absolute atomic E-state index is 0.0228. The van der Waals surface area contributed by atoms with Crippen LogP contribution in [0, 0.1) is 5.92 Å². The highest BCUT2D eigenvalue weighted by Crippen LogP contribution is 2.27. The smallest absolute Gasteiger partial charge is 0.251 e. The molecule has 4 heteroatoms. The van der Waals surface area contributed by atoms with E-state index in [1.807, 2.05) is 0 Å². The lowest BCUT2D eigenvalue weighted by Gasteiger charge is -2.10. The van der Waals surface area contributed by atoms with Crippen molar-refractivity contribution in [3.05, 3.63) is 33.3 Å². The van der Waals surface area contributed by atoms with Crippen LogP contribution in [0.25, 0.3) is 0 Å². The second-order valence-electron chi connectivity index (χ2n) is 4.82. The fourth-order valence-corrected chi connectivity index (χ4v) is 2.92. The average Bonchev–Trinajstić information content (AvgIpc) is 2.85. The van der Waals surface area contributed by atoms with Crippen molar-refractivity contribution < 1.29 is 4.79 Å². The molecule has 0 saturated heterocycles. The van der Waals surface area contributed by atoms with Crippen molar-refractivity contribution >= 4 is 33.4 Å². The molecular formula is C14H17BrClNO. The summed E-state index contributed by atoms with van der Waals surface area (Å²) in [5.74, 6) is 0.785. The zero-order valence-electron chi connectivity index (χ0n) is 10.2. The molecular weight excluding hydrogens is 314 g/mol.